The monoisotopic (exact) mass is 200 g/mol. The standard InChI is InChI=1S/C9H16N2O3/c1-9(2,3)14-8(12)7-11-5-6(4-10)13-7/h5-7H,4,10H2,1-3H3. The quantitative estimate of drug-likeness (QED) is 0.641. The first-order chi connectivity index (χ1) is 6.42. The van der Waals surface area contributed by atoms with Crippen molar-refractivity contribution < 1.29 is 14.3 Å². The first-order valence-electron chi connectivity index (χ1n) is 4.54. The number of carbonyl (C=O) groups excluding carboxylic acids is 1. The molecule has 80 valence electrons. The summed E-state index contributed by atoms with van der Waals surface area (Å²) in [6.45, 7) is 5.71. The van der Waals surface area contributed by atoms with Gasteiger partial charge in [0.15, 0.2) is 0 Å². The van der Waals surface area contributed by atoms with Gasteiger partial charge in [0.05, 0.1) is 0 Å². The molecule has 0 spiro atoms. The predicted molar refractivity (Wildman–Crippen MR) is 52.1 cm³/mol. The van der Waals surface area contributed by atoms with E-state index in [2.05, 4.69) is 4.99 Å². The van der Waals surface area contributed by atoms with E-state index in [0.717, 1.165) is 0 Å². The second kappa shape index (κ2) is 4.06. The molecule has 0 fully saturated rings. The number of hydrogen-bond acceptors (Lipinski definition) is 5. The van der Waals surface area contributed by atoms with Crippen molar-refractivity contribution in [1.82, 2.24) is 0 Å². The molecule has 1 aliphatic rings. The summed E-state index contributed by atoms with van der Waals surface area (Å²) in [5.41, 5.74) is 4.84. The molecule has 2 N–H and O–H groups in total. The molecule has 14 heavy (non-hydrogen) atoms. The molecule has 2 unspecified atom stereocenters. The van der Waals surface area contributed by atoms with E-state index in [-0.39, 0.29) is 6.10 Å². The van der Waals surface area contributed by atoms with E-state index in [4.69, 9.17) is 15.2 Å². The van der Waals surface area contributed by atoms with Gasteiger partial charge >= 0.3 is 5.97 Å². The number of esters is 1. The maximum absolute atomic E-state index is 11.4. The van der Waals surface area contributed by atoms with Crippen molar-refractivity contribution in [3.8, 4) is 0 Å². The summed E-state index contributed by atoms with van der Waals surface area (Å²) in [6, 6.07) is 0. The Morgan fingerprint density at radius 2 is 2.29 bits per heavy atom. The molecule has 0 aromatic heterocycles. The molecule has 0 aromatic rings. The molecule has 0 saturated carbocycles. The predicted octanol–water partition coefficient (Wildman–Crippen LogP) is 0.0825. The molecular formula is C9H16N2O3. The lowest BCUT2D eigenvalue weighted by molar-refractivity contribution is -0.167. The lowest BCUT2D eigenvalue weighted by atomic mass is 10.2. The molecule has 2 atom stereocenters. The highest BCUT2D eigenvalue weighted by Crippen LogP contribution is 2.13. The molecule has 0 radical (unpaired) electrons. The number of aliphatic imine (C=N–C) groups is 1. The first kappa shape index (κ1) is 11.1. The maximum atomic E-state index is 11.4. The molecule has 0 aromatic carbocycles. The van der Waals surface area contributed by atoms with Crippen LogP contribution in [0.4, 0.5) is 0 Å². The van der Waals surface area contributed by atoms with E-state index in [1.807, 2.05) is 0 Å². The highest BCUT2D eigenvalue weighted by molar-refractivity contribution is 5.80. The molecule has 1 aliphatic heterocycles. The van der Waals surface area contributed by atoms with Gasteiger partial charge in [-0.1, -0.05) is 0 Å². The number of carbonyl (C=O) groups is 1. The van der Waals surface area contributed by atoms with Crippen LogP contribution in [0.2, 0.25) is 0 Å². The smallest absolute Gasteiger partial charge is 0.358 e. The Labute approximate surface area is 83.3 Å². The van der Waals surface area contributed by atoms with Crippen molar-refractivity contribution in [1.29, 1.82) is 0 Å². The summed E-state index contributed by atoms with van der Waals surface area (Å²) in [5.74, 6) is -0.468. The zero-order valence-electron chi connectivity index (χ0n) is 8.69. The fourth-order valence-corrected chi connectivity index (χ4v) is 0.995. The third kappa shape index (κ3) is 3.08. The average molecular weight is 200 g/mol. The van der Waals surface area contributed by atoms with Gasteiger partial charge in [0.2, 0.25) is 6.23 Å². The fourth-order valence-electron chi connectivity index (χ4n) is 0.995. The average Bonchev–Trinajstić information content (AvgIpc) is 2.48. The van der Waals surface area contributed by atoms with Gasteiger partial charge < -0.3 is 15.2 Å². The van der Waals surface area contributed by atoms with Crippen molar-refractivity contribution in [2.24, 2.45) is 10.7 Å². The second-order valence-corrected chi connectivity index (χ2v) is 4.09. The first-order valence-corrected chi connectivity index (χ1v) is 4.54. The zero-order valence-corrected chi connectivity index (χ0v) is 8.69. The van der Waals surface area contributed by atoms with Crippen LogP contribution in [-0.2, 0) is 14.3 Å². The van der Waals surface area contributed by atoms with Crippen LogP contribution in [0.25, 0.3) is 0 Å². The molecule has 0 amide bonds. The molecular weight excluding hydrogens is 184 g/mol. The van der Waals surface area contributed by atoms with Crippen molar-refractivity contribution in [3.05, 3.63) is 0 Å². The van der Waals surface area contributed by atoms with Crippen molar-refractivity contribution in [2.45, 2.75) is 38.7 Å². The van der Waals surface area contributed by atoms with E-state index in [0.29, 0.717) is 6.54 Å². The van der Waals surface area contributed by atoms with E-state index >= 15 is 0 Å². The number of rotatable bonds is 2. The lowest BCUT2D eigenvalue weighted by Crippen LogP contribution is -2.33. The summed E-state index contributed by atoms with van der Waals surface area (Å²) in [5, 5.41) is 0. The number of ether oxygens (including phenoxy) is 2. The van der Waals surface area contributed by atoms with E-state index in [1.165, 1.54) is 6.21 Å². The van der Waals surface area contributed by atoms with Crippen molar-refractivity contribution >= 4 is 12.2 Å². The largest absolute Gasteiger partial charge is 0.457 e. The number of nitrogens with zero attached hydrogens (tertiary/aromatic N) is 1. The summed E-state index contributed by atoms with van der Waals surface area (Å²) in [4.78, 5) is 15.3. The zero-order chi connectivity index (χ0) is 10.8. The van der Waals surface area contributed by atoms with E-state index < -0.39 is 17.8 Å². The Morgan fingerprint density at radius 1 is 1.64 bits per heavy atom. The van der Waals surface area contributed by atoms with Crippen LogP contribution in [-0.4, -0.2) is 36.7 Å². The van der Waals surface area contributed by atoms with Gasteiger partial charge in [-0.2, -0.15) is 0 Å². The Balaban J connectivity index is 2.45. The molecule has 5 heteroatoms. The molecule has 0 saturated heterocycles. The molecule has 1 heterocycles. The minimum atomic E-state index is -0.845. The van der Waals surface area contributed by atoms with Crippen LogP contribution in [0.1, 0.15) is 20.8 Å². The third-order valence-corrected chi connectivity index (χ3v) is 1.53. The van der Waals surface area contributed by atoms with Crippen LogP contribution < -0.4 is 5.73 Å². The van der Waals surface area contributed by atoms with Gasteiger partial charge in [0, 0.05) is 12.8 Å². The van der Waals surface area contributed by atoms with Gasteiger partial charge in [-0.25, -0.2) is 4.79 Å². The maximum Gasteiger partial charge on any atom is 0.358 e. The molecule has 0 aliphatic carbocycles. The van der Waals surface area contributed by atoms with Gasteiger partial charge in [-0.3, -0.25) is 4.99 Å². The number of nitrogens with two attached hydrogens (primary N) is 1. The highest BCUT2D eigenvalue weighted by Gasteiger charge is 2.30. The molecule has 0 bridgehead atoms. The Morgan fingerprint density at radius 3 is 2.71 bits per heavy atom. The van der Waals surface area contributed by atoms with Gasteiger partial charge in [-0.05, 0) is 20.8 Å². The summed E-state index contributed by atoms with van der Waals surface area (Å²) in [7, 11) is 0. The Hall–Kier alpha value is -0.940. The lowest BCUT2D eigenvalue weighted by Gasteiger charge is -2.21. The fraction of sp³-hybridized carbons (Fsp3) is 0.778. The van der Waals surface area contributed by atoms with Crippen molar-refractivity contribution in [2.75, 3.05) is 6.54 Å². The third-order valence-electron chi connectivity index (χ3n) is 1.53. The summed E-state index contributed by atoms with van der Waals surface area (Å²) >= 11 is 0. The Bertz CT molecular complexity index is 245. The summed E-state index contributed by atoms with van der Waals surface area (Å²) < 4.78 is 10.3. The SMILES string of the molecule is CC(C)(C)OC(=O)C1N=CC(CN)O1. The van der Waals surface area contributed by atoms with Gasteiger partial charge in [0.1, 0.15) is 11.7 Å². The van der Waals surface area contributed by atoms with Crippen LogP contribution in [0, 0.1) is 0 Å². The normalized spacial score (nSPS) is 26.6. The van der Waals surface area contributed by atoms with Gasteiger partial charge in [0.25, 0.3) is 0 Å². The molecule has 5 nitrogen and oxygen atoms in total. The van der Waals surface area contributed by atoms with Gasteiger partial charge in [-0.15, -0.1) is 0 Å². The minimum Gasteiger partial charge on any atom is -0.457 e. The number of hydrogen-bond donors (Lipinski definition) is 1. The second-order valence-electron chi connectivity index (χ2n) is 4.09. The van der Waals surface area contributed by atoms with Crippen molar-refractivity contribution in [3.63, 3.8) is 0 Å². The van der Waals surface area contributed by atoms with E-state index in [9.17, 15) is 4.79 Å². The van der Waals surface area contributed by atoms with Crippen LogP contribution in [0.3, 0.4) is 0 Å². The van der Waals surface area contributed by atoms with E-state index in [1.54, 1.807) is 20.8 Å². The topological polar surface area (TPSA) is 73.9 Å². The Kier molecular flexibility index (Phi) is 3.23. The van der Waals surface area contributed by atoms with Crippen LogP contribution in [0.15, 0.2) is 4.99 Å². The highest BCUT2D eigenvalue weighted by atomic mass is 16.6. The minimum absolute atomic E-state index is 0.271. The van der Waals surface area contributed by atoms with Crippen LogP contribution in [0.5, 0.6) is 0 Å². The van der Waals surface area contributed by atoms with Crippen LogP contribution >= 0.6 is 0 Å². The molecule has 1 rings (SSSR count). The summed E-state index contributed by atoms with van der Waals surface area (Å²) in [6.07, 6.45) is 0.421.